The van der Waals surface area contributed by atoms with Gasteiger partial charge in [0.05, 0.1) is 30.2 Å². The van der Waals surface area contributed by atoms with Crippen LogP contribution in [0.4, 0.5) is 5.69 Å². The van der Waals surface area contributed by atoms with Gasteiger partial charge in [0.15, 0.2) is 0 Å². The fraction of sp³-hybridized carbons (Fsp3) is 0.174. The van der Waals surface area contributed by atoms with Gasteiger partial charge < -0.3 is 10.1 Å². The van der Waals surface area contributed by atoms with E-state index in [2.05, 4.69) is 25.4 Å². The minimum Gasteiger partial charge on any atom is -0.383 e. The lowest BCUT2D eigenvalue weighted by molar-refractivity contribution is 0.102. The molecule has 1 amide bonds. The highest BCUT2D eigenvalue weighted by atomic mass is 16.5. The minimum atomic E-state index is -0.328. The van der Waals surface area contributed by atoms with Crippen LogP contribution in [0.15, 0.2) is 67.3 Å². The minimum absolute atomic E-state index is 0.301. The molecule has 8 heteroatoms. The molecule has 0 radical (unpaired) electrons. The summed E-state index contributed by atoms with van der Waals surface area (Å²) in [5.74, 6) is -0.328. The topological polar surface area (TPSA) is 94.8 Å². The number of hydrogen-bond acceptors (Lipinski definition) is 6. The highest BCUT2D eigenvalue weighted by Gasteiger charge is 2.17. The molecule has 0 aliphatic carbocycles. The molecule has 0 saturated carbocycles. The Kier molecular flexibility index (Phi) is 6.09. The second-order valence-corrected chi connectivity index (χ2v) is 6.98. The first-order valence-corrected chi connectivity index (χ1v) is 9.82. The first kappa shape index (κ1) is 20.4. The van der Waals surface area contributed by atoms with Gasteiger partial charge in [0.2, 0.25) is 0 Å². The Morgan fingerprint density at radius 1 is 1.13 bits per heavy atom. The highest BCUT2D eigenvalue weighted by Crippen LogP contribution is 2.25. The van der Waals surface area contributed by atoms with Crippen molar-refractivity contribution in [3.05, 3.63) is 78.5 Å². The van der Waals surface area contributed by atoms with Crippen LogP contribution >= 0.6 is 0 Å². The molecule has 4 aromatic heterocycles. The number of hydrogen-bond donors (Lipinski definition) is 1. The van der Waals surface area contributed by atoms with E-state index in [9.17, 15) is 4.79 Å². The van der Waals surface area contributed by atoms with Crippen LogP contribution in [0, 0.1) is 6.92 Å². The van der Waals surface area contributed by atoms with Gasteiger partial charge in [0, 0.05) is 37.5 Å². The van der Waals surface area contributed by atoms with Crippen molar-refractivity contribution in [1.29, 1.82) is 0 Å². The average Bonchev–Trinajstić information content (AvgIpc) is 3.21. The number of aromatic nitrogens is 5. The fourth-order valence-corrected chi connectivity index (χ4v) is 3.11. The SMILES string of the molecule is COCCn1cc(NC(=O)c2cccc(-c3cncc(C)c3)n2)c(-c2ccccn2)n1. The lowest BCUT2D eigenvalue weighted by Crippen LogP contribution is -2.14. The quantitative estimate of drug-likeness (QED) is 0.496. The number of pyridine rings is 3. The van der Waals surface area contributed by atoms with E-state index in [1.807, 2.05) is 37.3 Å². The summed E-state index contributed by atoms with van der Waals surface area (Å²) < 4.78 is 6.86. The third kappa shape index (κ3) is 4.81. The van der Waals surface area contributed by atoms with Crippen LogP contribution in [0.1, 0.15) is 16.1 Å². The van der Waals surface area contributed by atoms with Crippen molar-refractivity contribution < 1.29 is 9.53 Å². The van der Waals surface area contributed by atoms with E-state index in [0.29, 0.717) is 41.6 Å². The molecule has 0 spiro atoms. The smallest absolute Gasteiger partial charge is 0.274 e. The van der Waals surface area contributed by atoms with Gasteiger partial charge in [0.25, 0.3) is 5.91 Å². The Bertz CT molecular complexity index is 1190. The van der Waals surface area contributed by atoms with Crippen molar-refractivity contribution in [2.75, 3.05) is 19.0 Å². The number of anilines is 1. The van der Waals surface area contributed by atoms with Gasteiger partial charge in [-0.2, -0.15) is 5.10 Å². The second kappa shape index (κ2) is 9.27. The molecule has 0 aliphatic heterocycles. The van der Waals surface area contributed by atoms with E-state index in [0.717, 1.165) is 11.1 Å². The van der Waals surface area contributed by atoms with Gasteiger partial charge in [-0.15, -0.1) is 0 Å². The van der Waals surface area contributed by atoms with Crippen LogP contribution in [-0.4, -0.2) is 44.4 Å². The average molecular weight is 414 g/mol. The third-order valence-corrected chi connectivity index (χ3v) is 4.59. The molecular weight excluding hydrogens is 392 g/mol. The number of ether oxygens (including phenoxy) is 1. The predicted octanol–water partition coefficient (Wildman–Crippen LogP) is 3.61. The van der Waals surface area contributed by atoms with Crippen LogP contribution in [0.5, 0.6) is 0 Å². The van der Waals surface area contributed by atoms with Crippen LogP contribution in [-0.2, 0) is 11.3 Å². The molecule has 0 fully saturated rings. The number of methoxy groups -OCH3 is 1. The highest BCUT2D eigenvalue weighted by molar-refractivity contribution is 6.04. The van der Waals surface area contributed by atoms with Crippen LogP contribution in [0.2, 0.25) is 0 Å². The Morgan fingerprint density at radius 2 is 2.00 bits per heavy atom. The largest absolute Gasteiger partial charge is 0.383 e. The lowest BCUT2D eigenvalue weighted by atomic mass is 10.1. The molecule has 1 N–H and O–H groups in total. The van der Waals surface area contributed by atoms with E-state index in [1.165, 1.54) is 0 Å². The molecule has 0 unspecified atom stereocenters. The standard InChI is InChI=1S/C23H22N6O2/c1-16-12-17(14-24-13-16)18-7-5-8-20(26-18)23(30)27-21-15-29(10-11-31-2)28-22(21)19-6-3-4-9-25-19/h3-9,12-15H,10-11H2,1-2H3,(H,27,30). The molecule has 156 valence electrons. The Hall–Kier alpha value is -3.91. The summed E-state index contributed by atoms with van der Waals surface area (Å²) in [6.45, 7) is 3.03. The van der Waals surface area contributed by atoms with E-state index in [4.69, 9.17) is 4.74 Å². The van der Waals surface area contributed by atoms with E-state index in [1.54, 1.807) is 48.7 Å². The van der Waals surface area contributed by atoms with Gasteiger partial charge >= 0.3 is 0 Å². The second-order valence-electron chi connectivity index (χ2n) is 6.98. The molecule has 0 aliphatic rings. The van der Waals surface area contributed by atoms with Gasteiger partial charge in [-0.1, -0.05) is 12.1 Å². The Balaban J connectivity index is 1.62. The summed E-state index contributed by atoms with van der Waals surface area (Å²) in [7, 11) is 1.63. The first-order chi connectivity index (χ1) is 15.1. The van der Waals surface area contributed by atoms with Crippen LogP contribution in [0.25, 0.3) is 22.6 Å². The molecule has 31 heavy (non-hydrogen) atoms. The van der Waals surface area contributed by atoms with E-state index >= 15 is 0 Å². The molecule has 0 atom stereocenters. The number of rotatable bonds is 7. The number of amides is 1. The molecule has 4 rings (SSSR count). The lowest BCUT2D eigenvalue weighted by Gasteiger charge is -2.07. The summed E-state index contributed by atoms with van der Waals surface area (Å²) in [5, 5.41) is 7.50. The maximum absolute atomic E-state index is 13.0. The third-order valence-electron chi connectivity index (χ3n) is 4.59. The van der Waals surface area contributed by atoms with Crippen molar-refractivity contribution in [2.24, 2.45) is 0 Å². The Labute approximate surface area is 180 Å². The maximum atomic E-state index is 13.0. The molecule has 4 aromatic rings. The van der Waals surface area contributed by atoms with Crippen LogP contribution < -0.4 is 5.32 Å². The number of carbonyl (C=O) groups is 1. The zero-order valence-electron chi connectivity index (χ0n) is 17.3. The van der Waals surface area contributed by atoms with Crippen molar-refractivity contribution in [3.8, 4) is 22.6 Å². The summed E-state index contributed by atoms with van der Waals surface area (Å²) >= 11 is 0. The normalized spacial score (nSPS) is 10.8. The summed E-state index contributed by atoms with van der Waals surface area (Å²) in [6, 6.07) is 12.9. The fourth-order valence-electron chi connectivity index (χ4n) is 3.11. The number of nitrogens with one attached hydrogen (secondary N) is 1. The number of carbonyl (C=O) groups excluding carboxylic acids is 1. The van der Waals surface area contributed by atoms with Crippen molar-refractivity contribution in [3.63, 3.8) is 0 Å². The molecule has 0 aromatic carbocycles. The van der Waals surface area contributed by atoms with Gasteiger partial charge in [-0.05, 0) is 42.8 Å². The van der Waals surface area contributed by atoms with Gasteiger partial charge in [0.1, 0.15) is 11.4 Å². The van der Waals surface area contributed by atoms with E-state index < -0.39 is 0 Å². The summed E-state index contributed by atoms with van der Waals surface area (Å²) in [6.07, 6.45) is 6.97. The van der Waals surface area contributed by atoms with Crippen molar-refractivity contribution >= 4 is 11.6 Å². The molecule has 8 nitrogen and oxygen atoms in total. The summed E-state index contributed by atoms with van der Waals surface area (Å²) in [4.78, 5) is 26.1. The maximum Gasteiger partial charge on any atom is 0.274 e. The first-order valence-electron chi connectivity index (χ1n) is 9.82. The molecule has 0 bridgehead atoms. The molecule has 0 saturated heterocycles. The molecular formula is C23H22N6O2. The predicted molar refractivity (Wildman–Crippen MR) is 117 cm³/mol. The zero-order chi connectivity index (χ0) is 21.6. The van der Waals surface area contributed by atoms with E-state index in [-0.39, 0.29) is 5.91 Å². The monoisotopic (exact) mass is 414 g/mol. The number of nitrogens with zero attached hydrogens (tertiary/aromatic N) is 5. The number of aryl methyl sites for hydroxylation is 1. The summed E-state index contributed by atoms with van der Waals surface area (Å²) in [5.41, 5.74) is 4.68. The van der Waals surface area contributed by atoms with Gasteiger partial charge in [-0.25, -0.2) is 4.98 Å². The molecule has 4 heterocycles. The van der Waals surface area contributed by atoms with Crippen LogP contribution in [0.3, 0.4) is 0 Å². The zero-order valence-corrected chi connectivity index (χ0v) is 17.3. The van der Waals surface area contributed by atoms with Gasteiger partial charge in [-0.3, -0.25) is 19.4 Å². The van der Waals surface area contributed by atoms with Crippen molar-refractivity contribution in [2.45, 2.75) is 13.5 Å². The Morgan fingerprint density at radius 3 is 2.77 bits per heavy atom. The van der Waals surface area contributed by atoms with Crippen molar-refractivity contribution in [1.82, 2.24) is 24.7 Å².